The molecule has 0 spiro atoms. The van der Waals surface area contributed by atoms with Gasteiger partial charge in [0.15, 0.2) is 0 Å². The van der Waals surface area contributed by atoms with E-state index in [0.29, 0.717) is 17.4 Å². The van der Waals surface area contributed by atoms with Crippen molar-refractivity contribution in [1.82, 2.24) is 5.32 Å². The minimum atomic E-state index is -4.46. The molecule has 0 aliphatic rings. The second kappa shape index (κ2) is 66.1. The number of carbonyl (C=O) groups is 2. The lowest BCUT2D eigenvalue weighted by atomic mass is 10.0. The van der Waals surface area contributed by atoms with Gasteiger partial charge in [-0.05, 0) is 102 Å². The van der Waals surface area contributed by atoms with E-state index in [1.165, 1.54) is 205 Å². The van der Waals surface area contributed by atoms with E-state index < -0.39 is 20.0 Å². The smallest absolute Gasteiger partial charge is 0.456 e. The molecule has 3 atom stereocenters. The molecule has 1 amide bonds. The number of nitrogens with one attached hydrogen (secondary N) is 1. The first-order valence-electron chi connectivity index (χ1n) is 36.9. The van der Waals surface area contributed by atoms with Crippen molar-refractivity contribution in [3.63, 3.8) is 0 Å². The van der Waals surface area contributed by atoms with Gasteiger partial charge in [0.1, 0.15) is 19.3 Å². The minimum Gasteiger partial charge on any atom is -0.456 e. The molecule has 0 aromatic carbocycles. The molecule has 0 aromatic rings. The van der Waals surface area contributed by atoms with Gasteiger partial charge >= 0.3 is 13.8 Å². The first kappa shape index (κ1) is 84.2. The average molecular weight is 1240 g/mol. The molecule has 10 heteroatoms. The maximum atomic E-state index is 13.6. The lowest BCUT2D eigenvalue weighted by Crippen LogP contribution is -2.47. The Morgan fingerprint density at radius 3 is 1.11 bits per heavy atom. The van der Waals surface area contributed by atoms with Crippen molar-refractivity contribution in [2.45, 2.75) is 354 Å². The number of unbranched alkanes of at least 4 members (excludes halogenated alkanes) is 39. The largest absolute Gasteiger partial charge is 0.472 e. The van der Waals surface area contributed by atoms with E-state index in [-0.39, 0.29) is 31.5 Å². The molecule has 506 valence electrons. The summed E-state index contributed by atoms with van der Waals surface area (Å²) in [5.74, 6) is -0.508. The number of phosphoric acid groups is 1. The van der Waals surface area contributed by atoms with Crippen LogP contribution in [0, 0.1) is 0 Å². The third-order valence-corrected chi connectivity index (χ3v) is 17.3. The van der Waals surface area contributed by atoms with E-state index in [1.807, 2.05) is 33.3 Å². The number of ether oxygens (including phenoxy) is 1. The van der Waals surface area contributed by atoms with Crippen molar-refractivity contribution in [1.29, 1.82) is 0 Å². The van der Waals surface area contributed by atoms with E-state index in [4.69, 9.17) is 13.8 Å². The van der Waals surface area contributed by atoms with Crippen LogP contribution in [0.5, 0.6) is 0 Å². The predicted octanol–water partition coefficient (Wildman–Crippen LogP) is 23.7. The number of hydrogen-bond acceptors (Lipinski definition) is 6. The van der Waals surface area contributed by atoms with Crippen molar-refractivity contribution in [3.05, 3.63) is 85.1 Å². The van der Waals surface area contributed by atoms with Gasteiger partial charge in [0, 0.05) is 12.8 Å². The quantitative estimate of drug-likeness (QED) is 0.0205. The van der Waals surface area contributed by atoms with Crippen molar-refractivity contribution in [3.8, 4) is 0 Å². The molecule has 87 heavy (non-hydrogen) atoms. The minimum absolute atomic E-state index is 0.0359. The highest BCUT2D eigenvalue weighted by molar-refractivity contribution is 7.47. The number of likely N-dealkylation sites (N-methyl/N-ethyl adjacent to an activating group) is 1. The Morgan fingerprint density at radius 1 is 0.414 bits per heavy atom. The second-order valence-electron chi connectivity index (χ2n) is 26.1. The molecule has 0 rings (SSSR count). The zero-order valence-electron chi connectivity index (χ0n) is 58.0. The van der Waals surface area contributed by atoms with E-state index in [0.717, 1.165) is 103 Å². The predicted molar refractivity (Wildman–Crippen MR) is 378 cm³/mol. The molecule has 0 aliphatic carbocycles. The number of esters is 1. The molecule has 0 fully saturated rings. The van der Waals surface area contributed by atoms with E-state index >= 15 is 0 Å². The standard InChI is InChI=1S/C77H141N2O7P/c1-7-10-13-16-19-22-25-28-30-32-34-36-38-39-41-43-45-47-49-52-55-58-61-64-67-70-77(81)86-75(68-65-62-59-56-53-50-27-24-21-18-15-12-9-3)74(73-85-87(82,83)84-72-71-79(4,5)6)78-76(80)69-66-63-60-57-54-51-48-46-44-42-40-37-35-33-31-29-26-23-20-17-14-11-8-2/h11,14,20,23,28-31,35,37,42,44,65,68,74-75H,7-10,12-13,15-19,21-22,24-27,32-34,36,38-41,43,45-64,66-67,69-73H2,1-6H3,(H-,78,80,82,83)/p+1/b14-11-,23-20-,30-28+,31-29-,37-35-,44-42-,68-65+. The lowest BCUT2D eigenvalue weighted by molar-refractivity contribution is -0.870. The first-order chi connectivity index (χ1) is 42.4. The fraction of sp³-hybridized carbons (Fsp3) is 0.792. The number of phosphoric ester groups is 1. The van der Waals surface area contributed by atoms with Gasteiger partial charge < -0.3 is 19.4 Å². The van der Waals surface area contributed by atoms with Crippen LogP contribution in [0.3, 0.4) is 0 Å². The summed E-state index contributed by atoms with van der Waals surface area (Å²) >= 11 is 0. The number of nitrogens with zero attached hydrogens (tertiary/aromatic N) is 1. The van der Waals surface area contributed by atoms with Crippen LogP contribution < -0.4 is 5.32 Å². The highest BCUT2D eigenvalue weighted by Crippen LogP contribution is 2.43. The summed E-state index contributed by atoms with van der Waals surface area (Å²) in [7, 11) is 1.49. The third kappa shape index (κ3) is 67.4. The van der Waals surface area contributed by atoms with Crippen LogP contribution in [0.15, 0.2) is 85.1 Å². The highest BCUT2D eigenvalue weighted by atomic mass is 31.2. The summed E-state index contributed by atoms with van der Waals surface area (Å²) in [6.45, 7) is 6.93. The number of carbonyl (C=O) groups excluding carboxylic acids is 2. The Balaban J connectivity index is 5.08. The van der Waals surface area contributed by atoms with Gasteiger partial charge in [-0.25, -0.2) is 4.57 Å². The van der Waals surface area contributed by atoms with E-state index in [1.54, 1.807) is 0 Å². The molecule has 0 aliphatic heterocycles. The Bertz CT molecular complexity index is 1760. The molecule has 3 unspecified atom stereocenters. The number of quaternary nitrogens is 1. The molecule has 9 nitrogen and oxygen atoms in total. The van der Waals surface area contributed by atoms with Crippen LogP contribution in [0.25, 0.3) is 0 Å². The zero-order valence-corrected chi connectivity index (χ0v) is 58.9. The summed E-state index contributed by atoms with van der Waals surface area (Å²) in [5.41, 5.74) is 0. The second-order valence-corrected chi connectivity index (χ2v) is 27.5. The zero-order chi connectivity index (χ0) is 63.5. The Kier molecular flexibility index (Phi) is 64.0. The number of amides is 1. The van der Waals surface area contributed by atoms with Crippen LogP contribution in [0.1, 0.15) is 342 Å². The molecular weight excluding hydrogens is 1100 g/mol. The first-order valence-corrected chi connectivity index (χ1v) is 38.4. The molecule has 2 N–H and O–H groups in total. The van der Waals surface area contributed by atoms with Crippen LogP contribution in [-0.2, 0) is 27.9 Å². The summed E-state index contributed by atoms with van der Waals surface area (Å²) in [5, 5.41) is 3.07. The van der Waals surface area contributed by atoms with Gasteiger partial charge in [-0.2, -0.15) is 0 Å². The van der Waals surface area contributed by atoms with Crippen LogP contribution in [0.4, 0.5) is 0 Å². The maximum Gasteiger partial charge on any atom is 0.472 e. The number of rotatable bonds is 67. The lowest BCUT2D eigenvalue weighted by Gasteiger charge is -2.27. The molecule has 0 saturated heterocycles. The molecular formula is C77H142N2O7P+. The van der Waals surface area contributed by atoms with Crippen LogP contribution >= 0.6 is 7.82 Å². The number of allylic oxidation sites excluding steroid dienone is 13. The molecule has 0 aromatic heterocycles. The summed E-state index contributed by atoms with van der Waals surface area (Å²) in [4.78, 5) is 38.0. The Labute approximate surface area is 539 Å². The van der Waals surface area contributed by atoms with Crippen molar-refractivity contribution in [2.24, 2.45) is 0 Å². The van der Waals surface area contributed by atoms with Gasteiger partial charge in [0.25, 0.3) is 0 Å². The van der Waals surface area contributed by atoms with E-state index in [9.17, 15) is 19.0 Å². The highest BCUT2D eigenvalue weighted by Gasteiger charge is 2.30. The third-order valence-electron chi connectivity index (χ3n) is 16.3. The molecule has 0 radical (unpaired) electrons. The summed E-state index contributed by atoms with van der Waals surface area (Å²) in [6.07, 6.45) is 88.8. The SMILES string of the molecule is CC/C=C\C/C=C\C/C=C\C/C=C\C/C=C\CCCCCCCCCC(=O)NC(COP(=O)(O)OCC[N+](C)(C)C)C(/C=C/CCCCCCCCCCCCC)OC(=O)CCCCCCCCCCCCCCCCC/C=C/CCCCCCCC. The fourth-order valence-electron chi connectivity index (χ4n) is 10.7. The Hall–Kier alpha value is -2.81. The van der Waals surface area contributed by atoms with Gasteiger partial charge in [-0.3, -0.25) is 18.6 Å². The van der Waals surface area contributed by atoms with E-state index in [2.05, 4.69) is 99.0 Å². The number of hydrogen-bond donors (Lipinski definition) is 2. The van der Waals surface area contributed by atoms with Gasteiger partial charge in [0.2, 0.25) is 5.91 Å². The van der Waals surface area contributed by atoms with Crippen LogP contribution in [0.2, 0.25) is 0 Å². The monoisotopic (exact) mass is 1240 g/mol. The normalized spacial score (nSPS) is 14.0. The van der Waals surface area contributed by atoms with Crippen molar-refractivity contribution < 1.29 is 37.3 Å². The topological polar surface area (TPSA) is 111 Å². The van der Waals surface area contributed by atoms with Crippen molar-refractivity contribution >= 4 is 19.7 Å². The molecule has 0 bridgehead atoms. The van der Waals surface area contributed by atoms with Gasteiger partial charge in [0.05, 0.1) is 33.8 Å². The van der Waals surface area contributed by atoms with Crippen LogP contribution in [-0.4, -0.2) is 74.3 Å². The maximum absolute atomic E-state index is 13.6. The molecule has 0 heterocycles. The summed E-state index contributed by atoms with van der Waals surface area (Å²) in [6, 6.07) is -0.859. The fourth-order valence-corrected chi connectivity index (χ4v) is 11.4. The molecule has 0 saturated carbocycles. The average Bonchev–Trinajstić information content (AvgIpc) is 3.69. The van der Waals surface area contributed by atoms with Crippen molar-refractivity contribution in [2.75, 3.05) is 40.9 Å². The Morgan fingerprint density at radius 2 is 0.736 bits per heavy atom. The summed E-state index contributed by atoms with van der Waals surface area (Å²) < 4.78 is 30.9. The van der Waals surface area contributed by atoms with Gasteiger partial charge in [-0.15, -0.1) is 0 Å². The van der Waals surface area contributed by atoms with Gasteiger partial charge in [-0.1, -0.05) is 312 Å².